The summed E-state index contributed by atoms with van der Waals surface area (Å²) in [6, 6.07) is 0. The zero-order chi connectivity index (χ0) is 9.90. The molecule has 0 aromatic rings. The summed E-state index contributed by atoms with van der Waals surface area (Å²) in [5.74, 6) is 0.657. The monoisotopic (exact) mass is 180 g/mol. The number of carbonyl (C=O) groups is 1. The average Bonchev–Trinajstić information content (AvgIpc) is 2.67. The molecule has 0 aromatic heterocycles. The Kier molecular flexibility index (Phi) is 3.29. The molecule has 0 spiro atoms. The molecule has 1 unspecified atom stereocenters. The van der Waals surface area contributed by atoms with Crippen molar-refractivity contribution >= 4 is 6.29 Å². The first-order chi connectivity index (χ1) is 6.10. The standard InChI is InChI=1S/C12H20O/c1-4-5-6-10(9-13)7-11-8-12(11,2)3/h7,9,11H,4-6,8H2,1-3H3. The molecule has 0 heterocycles. The normalized spacial score (nSPS) is 25.8. The van der Waals surface area contributed by atoms with Gasteiger partial charge in [-0.05, 0) is 36.2 Å². The van der Waals surface area contributed by atoms with Gasteiger partial charge in [0.2, 0.25) is 0 Å². The summed E-state index contributed by atoms with van der Waals surface area (Å²) in [4.78, 5) is 10.7. The fraction of sp³-hybridized carbons (Fsp3) is 0.750. The lowest BCUT2D eigenvalue weighted by Crippen LogP contribution is -1.91. The molecule has 0 aromatic carbocycles. The van der Waals surface area contributed by atoms with Crippen LogP contribution in [-0.4, -0.2) is 6.29 Å². The highest BCUT2D eigenvalue weighted by molar-refractivity contribution is 5.73. The fourth-order valence-electron chi connectivity index (χ4n) is 1.61. The lowest BCUT2D eigenvalue weighted by atomic mass is 10.0. The van der Waals surface area contributed by atoms with Crippen LogP contribution in [0, 0.1) is 11.3 Å². The van der Waals surface area contributed by atoms with Gasteiger partial charge in [-0.3, -0.25) is 4.79 Å². The van der Waals surface area contributed by atoms with E-state index in [0.29, 0.717) is 11.3 Å². The van der Waals surface area contributed by atoms with Gasteiger partial charge in [0.1, 0.15) is 6.29 Å². The van der Waals surface area contributed by atoms with Crippen molar-refractivity contribution < 1.29 is 4.79 Å². The van der Waals surface area contributed by atoms with Crippen molar-refractivity contribution in [2.45, 2.75) is 46.5 Å². The summed E-state index contributed by atoms with van der Waals surface area (Å²) in [5.41, 5.74) is 1.47. The van der Waals surface area contributed by atoms with Gasteiger partial charge in [0.15, 0.2) is 0 Å². The van der Waals surface area contributed by atoms with Gasteiger partial charge in [0, 0.05) is 0 Å². The van der Waals surface area contributed by atoms with Crippen molar-refractivity contribution in [3.63, 3.8) is 0 Å². The number of hydrogen-bond acceptors (Lipinski definition) is 1. The largest absolute Gasteiger partial charge is 0.298 e. The molecule has 1 saturated carbocycles. The summed E-state index contributed by atoms with van der Waals surface area (Å²) in [6.45, 7) is 6.68. The van der Waals surface area contributed by atoms with Crippen molar-refractivity contribution in [2.75, 3.05) is 0 Å². The second-order valence-electron chi connectivity index (χ2n) is 4.76. The highest BCUT2D eigenvalue weighted by atomic mass is 16.1. The number of unbranched alkanes of at least 4 members (excludes halogenated alkanes) is 1. The third kappa shape index (κ3) is 2.98. The van der Waals surface area contributed by atoms with E-state index in [4.69, 9.17) is 0 Å². The van der Waals surface area contributed by atoms with Crippen molar-refractivity contribution in [3.8, 4) is 0 Å². The molecule has 74 valence electrons. The Balaban J connectivity index is 2.42. The van der Waals surface area contributed by atoms with Crippen LogP contribution in [0.15, 0.2) is 11.6 Å². The second-order valence-corrected chi connectivity index (χ2v) is 4.76. The molecule has 0 saturated heterocycles. The topological polar surface area (TPSA) is 17.1 Å². The van der Waals surface area contributed by atoms with Crippen LogP contribution in [-0.2, 0) is 4.79 Å². The maximum Gasteiger partial charge on any atom is 0.145 e. The van der Waals surface area contributed by atoms with Crippen molar-refractivity contribution in [2.24, 2.45) is 11.3 Å². The van der Waals surface area contributed by atoms with E-state index in [-0.39, 0.29) is 0 Å². The summed E-state index contributed by atoms with van der Waals surface area (Å²) >= 11 is 0. The molecule has 0 aliphatic heterocycles. The molecule has 0 radical (unpaired) electrons. The van der Waals surface area contributed by atoms with Gasteiger partial charge in [-0.1, -0.05) is 33.3 Å². The Morgan fingerprint density at radius 2 is 2.15 bits per heavy atom. The molecule has 0 amide bonds. The van der Waals surface area contributed by atoms with Crippen LogP contribution in [0.4, 0.5) is 0 Å². The minimum atomic E-state index is 0.459. The minimum Gasteiger partial charge on any atom is -0.298 e. The molecule has 1 aliphatic rings. The first-order valence-electron chi connectivity index (χ1n) is 5.26. The van der Waals surface area contributed by atoms with E-state index in [9.17, 15) is 4.79 Å². The first-order valence-corrected chi connectivity index (χ1v) is 5.26. The Bertz CT molecular complexity index is 213. The van der Waals surface area contributed by atoms with E-state index < -0.39 is 0 Å². The van der Waals surface area contributed by atoms with Crippen LogP contribution < -0.4 is 0 Å². The molecule has 1 nitrogen and oxygen atoms in total. The van der Waals surface area contributed by atoms with Gasteiger partial charge < -0.3 is 0 Å². The zero-order valence-corrected chi connectivity index (χ0v) is 8.97. The Labute approximate surface area is 81.2 Å². The molecule has 1 rings (SSSR count). The maximum atomic E-state index is 10.7. The van der Waals surface area contributed by atoms with Crippen LogP contribution >= 0.6 is 0 Å². The van der Waals surface area contributed by atoms with Crippen LogP contribution in [0.2, 0.25) is 0 Å². The van der Waals surface area contributed by atoms with E-state index in [1.54, 1.807) is 0 Å². The molecule has 13 heavy (non-hydrogen) atoms. The Hall–Kier alpha value is -0.590. The lowest BCUT2D eigenvalue weighted by Gasteiger charge is -2.00. The highest BCUT2D eigenvalue weighted by Gasteiger charge is 2.43. The maximum absolute atomic E-state index is 10.7. The molecular weight excluding hydrogens is 160 g/mol. The highest BCUT2D eigenvalue weighted by Crippen LogP contribution is 2.52. The number of carbonyl (C=O) groups excluding carboxylic acids is 1. The smallest absolute Gasteiger partial charge is 0.145 e. The van der Waals surface area contributed by atoms with E-state index in [2.05, 4.69) is 26.8 Å². The van der Waals surface area contributed by atoms with Gasteiger partial charge in [0.05, 0.1) is 0 Å². The van der Waals surface area contributed by atoms with Gasteiger partial charge in [-0.25, -0.2) is 0 Å². The van der Waals surface area contributed by atoms with Gasteiger partial charge >= 0.3 is 0 Å². The van der Waals surface area contributed by atoms with Gasteiger partial charge in [0.25, 0.3) is 0 Å². The second kappa shape index (κ2) is 4.08. The van der Waals surface area contributed by atoms with Gasteiger partial charge in [-0.15, -0.1) is 0 Å². The predicted octanol–water partition coefficient (Wildman–Crippen LogP) is 3.35. The number of rotatable bonds is 5. The van der Waals surface area contributed by atoms with Crippen LogP contribution in [0.1, 0.15) is 46.5 Å². The minimum absolute atomic E-state index is 0.459. The Morgan fingerprint density at radius 3 is 2.54 bits per heavy atom. The summed E-state index contributed by atoms with van der Waals surface area (Å²) in [6.07, 6.45) is 7.73. The number of allylic oxidation sites excluding steroid dienone is 2. The molecule has 1 aliphatic carbocycles. The quantitative estimate of drug-likeness (QED) is 0.468. The van der Waals surface area contributed by atoms with E-state index in [1.165, 1.54) is 12.8 Å². The van der Waals surface area contributed by atoms with Crippen molar-refractivity contribution in [1.29, 1.82) is 0 Å². The molecular formula is C12H20O. The summed E-state index contributed by atoms with van der Waals surface area (Å²) in [5, 5.41) is 0. The first kappa shape index (κ1) is 10.5. The number of hydrogen-bond donors (Lipinski definition) is 0. The zero-order valence-electron chi connectivity index (χ0n) is 8.97. The molecule has 1 heteroatoms. The van der Waals surface area contributed by atoms with Gasteiger partial charge in [-0.2, -0.15) is 0 Å². The van der Waals surface area contributed by atoms with Crippen LogP contribution in [0.5, 0.6) is 0 Å². The molecule has 0 bridgehead atoms. The fourth-order valence-corrected chi connectivity index (χ4v) is 1.61. The molecule has 1 atom stereocenters. The van der Waals surface area contributed by atoms with E-state index in [1.807, 2.05) is 0 Å². The Morgan fingerprint density at radius 1 is 1.54 bits per heavy atom. The summed E-state index contributed by atoms with van der Waals surface area (Å²) < 4.78 is 0. The third-order valence-corrected chi connectivity index (χ3v) is 2.98. The lowest BCUT2D eigenvalue weighted by molar-refractivity contribution is -0.105. The SMILES string of the molecule is CCCCC(C=O)=CC1CC1(C)C. The predicted molar refractivity (Wildman–Crippen MR) is 55.6 cm³/mol. The molecule has 1 fully saturated rings. The third-order valence-electron chi connectivity index (χ3n) is 2.98. The summed E-state index contributed by atoms with van der Waals surface area (Å²) in [7, 11) is 0. The van der Waals surface area contributed by atoms with Crippen LogP contribution in [0.3, 0.4) is 0 Å². The van der Waals surface area contributed by atoms with Crippen molar-refractivity contribution in [1.82, 2.24) is 0 Å². The molecule has 0 N–H and O–H groups in total. The van der Waals surface area contributed by atoms with E-state index >= 15 is 0 Å². The van der Waals surface area contributed by atoms with Crippen molar-refractivity contribution in [3.05, 3.63) is 11.6 Å². The van der Waals surface area contributed by atoms with E-state index in [0.717, 1.165) is 24.7 Å². The van der Waals surface area contributed by atoms with Crippen LogP contribution in [0.25, 0.3) is 0 Å². The number of aldehydes is 1. The average molecular weight is 180 g/mol.